The quantitative estimate of drug-likeness (QED) is 0.279. The Balaban J connectivity index is 1.88. The van der Waals surface area contributed by atoms with Gasteiger partial charge in [-0.25, -0.2) is 18.5 Å². The first kappa shape index (κ1) is 29.1. The number of hydrogen-bond donors (Lipinski definition) is 0. The van der Waals surface area contributed by atoms with Crippen LogP contribution in [0.25, 0.3) is 5.69 Å². The molecule has 0 saturated carbocycles. The van der Waals surface area contributed by atoms with Gasteiger partial charge in [0.1, 0.15) is 29.6 Å². The van der Waals surface area contributed by atoms with Crippen LogP contribution in [0.4, 0.5) is 17.6 Å². The van der Waals surface area contributed by atoms with E-state index in [1.165, 1.54) is 19.1 Å². The highest BCUT2D eigenvalue weighted by molar-refractivity contribution is 6.32. The first-order chi connectivity index (χ1) is 17.7. The molecule has 0 radical (unpaired) electrons. The van der Waals surface area contributed by atoms with Crippen LogP contribution < -0.4 is 20.7 Å². The minimum atomic E-state index is -4.97. The van der Waals surface area contributed by atoms with Crippen molar-refractivity contribution in [3.05, 3.63) is 84.4 Å². The Labute approximate surface area is 222 Å². The van der Waals surface area contributed by atoms with Gasteiger partial charge in [0.2, 0.25) is 0 Å². The second-order valence-electron chi connectivity index (χ2n) is 7.84. The SMILES string of the molecule is CCOC(=O)C(C)Oc1ccc(COc2cc(-n3c(=O)cc(C(F)(F)F)n(C)c3=O)c(F)cc2Cl)cc1Cl. The van der Waals surface area contributed by atoms with Crippen LogP contribution >= 0.6 is 23.2 Å². The van der Waals surface area contributed by atoms with Crippen LogP contribution in [0.15, 0.2) is 46.0 Å². The Hall–Kier alpha value is -3.51. The van der Waals surface area contributed by atoms with Crippen LogP contribution in [0.3, 0.4) is 0 Å². The number of alkyl halides is 3. The zero-order valence-electron chi connectivity index (χ0n) is 20.1. The number of carbonyl (C=O) groups is 1. The zero-order chi connectivity index (χ0) is 28.4. The van der Waals surface area contributed by atoms with Crippen LogP contribution in [0.2, 0.25) is 10.0 Å². The van der Waals surface area contributed by atoms with E-state index in [1.807, 2.05) is 0 Å². The summed E-state index contributed by atoms with van der Waals surface area (Å²) in [6.45, 7) is 3.17. The second kappa shape index (κ2) is 11.5. The average molecular weight is 579 g/mol. The molecule has 1 atom stereocenters. The van der Waals surface area contributed by atoms with Gasteiger partial charge in [-0.2, -0.15) is 13.2 Å². The van der Waals surface area contributed by atoms with E-state index >= 15 is 0 Å². The van der Waals surface area contributed by atoms with Crippen molar-refractivity contribution < 1.29 is 36.6 Å². The molecular formula is C24H20Cl2F4N2O6. The highest BCUT2D eigenvalue weighted by atomic mass is 35.5. The molecule has 0 N–H and O–H groups in total. The van der Waals surface area contributed by atoms with E-state index in [4.69, 9.17) is 37.4 Å². The maximum atomic E-state index is 14.7. The number of halogens is 6. The molecule has 38 heavy (non-hydrogen) atoms. The van der Waals surface area contributed by atoms with Crippen LogP contribution in [0.5, 0.6) is 11.5 Å². The molecule has 3 aromatic rings. The van der Waals surface area contributed by atoms with Crippen molar-refractivity contribution in [3.8, 4) is 17.2 Å². The van der Waals surface area contributed by atoms with E-state index < -0.39 is 46.7 Å². The Morgan fingerprint density at radius 1 is 1.05 bits per heavy atom. The summed E-state index contributed by atoms with van der Waals surface area (Å²) >= 11 is 12.3. The Morgan fingerprint density at radius 3 is 2.32 bits per heavy atom. The van der Waals surface area contributed by atoms with Gasteiger partial charge in [-0.1, -0.05) is 29.3 Å². The molecule has 8 nitrogen and oxygen atoms in total. The zero-order valence-corrected chi connectivity index (χ0v) is 21.6. The van der Waals surface area contributed by atoms with Crippen LogP contribution in [-0.4, -0.2) is 27.8 Å². The van der Waals surface area contributed by atoms with Crippen LogP contribution in [-0.2, 0) is 29.4 Å². The normalized spacial score (nSPS) is 12.2. The summed E-state index contributed by atoms with van der Waals surface area (Å²) in [5.41, 5.74) is -4.46. The van der Waals surface area contributed by atoms with E-state index in [0.29, 0.717) is 5.56 Å². The Bertz CT molecular complexity index is 1490. The van der Waals surface area contributed by atoms with Crippen molar-refractivity contribution in [2.24, 2.45) is 7.05 Å². The molecule has 1 aromatic heterocycles. The monoisotopic (exact) mass is 578 g/mol. The molecule has 0 aliphatic rings. The van der Waals surface area contributed by atoms with Crippen LogP contribution in [0, 0.1) is 5.82 Å². The lowest BCUT2D eigenvalue weighted by atomic mass is 10.2. The minimum absolute atomic E-state index is 0.146. The van der Waals surface area contributed by atoms with Crippen molar-refractivity contribution in [3.63, 3.8) is 0 Å². The van der Waals surface area contributed by atoms with Crippen molar-refractivity contribution >= 4 is 29.2 Å². The molecule has 1 unspecified atom stereocenters. The number of esters is 1. The molecule has 0 aliphatic carbocycles. The number of ether oxygens (including phenoxy) is 3. The van der Waals surface area contributed by atoms with E-state index in [-0.39, 0.29) is 50.0 Å². The number of hydrogen-bond acceptors (Lipinski definition) is 6. The molecule has 204 valence electrons. The fraction of sp³-hybridized carbons (Fsp3) is 0.292. The number of benzene rings is 2. The largest absolute Gasteiger partial charge is 0.487 e. The third-order valence-electron chi connectivity index (χ3n) is 5.17. The van der Waals surface area contributed by atoms with E-state index in [2.05, 4.69) is 0 Å². The summed E-state index contributed by atoms with van der Waals surface area (Å²) < 4.78 is 70.4. The van der Waals surface area contributed by atoms with Gasteiger partial charge in [0.25, 0.3) is 5.56 Å². The molecule has 0 amide bonds. The predicted molar refractivity (Wildman–Crippen MR) is 130 cm³/mol. The topological polar surface area (TPSA) is 88.8 Å². The third kappa shape index (κ3) is 6.30. The summed E-state index contributed by atoms with van der Waals surface area (Å²) in [6.07, 6.45) is -5.88. The molecule has 2 aromatic carbocycles. The lowest BCUT2D eigenvalue weighted by Crippen LogP contribution is -2.41. The van der Waals surface area contributed by atoms with Gasteiger partial charge in [0.05, 0.1) is 22.3 Å². The molecule has 1 heterocycles. The van der Waals surface area contributed by atoms with Gasteiger partial charge in [-0.3, -0.25) is 9.36 Å². The molecule has 0 spiro atoms. The van der Waals surface area contributed by atoms with E-state index in [9.17, 15) is 31.9 Å². The standard InChI is InChI=1S/C24H20Cl2F4N2O6/c1-4-36-22(34)12(2)38-18-6-5-13(7-14(18)25)11-37-19-9-17(16(27)8-15(19)26)32-21(33)10-20(24(28,29)30)31(3)23(32)35/h5-10,12H,4,11H2,1-3H3. The first-order valence-electron chi connectivity index (χ1n) is 10.9. The summed E-state index contributed by atoms with van der Waals surface area (Å²) in [5, 5.41) is -0.0784. The molecule has 14 heteroatoms. The molecule has 0 bridgehead atoms. The van der Waals surface area contributed by atoms with Gasteiger partial charge in [0.15, 0.2) is 6.10 Å². The Kier molecular flexibility index (Phi) is 8.78. The van der Waals surface area contributed by atoms with Crippen molar-refractivity contribution in [1.29, 1.82) is 0 Å². The molecule has 3 rings (SSSR count). The van der Waals surface area contributed by atoms with E-state index in [0.717, 1.165) is 19.2 Å². The number of rotatable bonds is 8. The highest BCUT2D eigenvalue weighted by Gasteiger charge is 2.35. The fourth-order valence-electron chi connectivity index (χ4n) is 3.31. The second-order valence-corrected chi connectivity index (χ2v) is 8.66. The summed E-state index contributed by atoms with van der Waals surface area (Å²) in [5.74, 6) is -1.67. The van der Waals surface area contributed by atoms with Crippen LogP contribution in [0.1, 0.15) is 25.1 Å². The summed E-state index contributed by atoms with van der Waals surface area (Å²) in [6, 6.07) is 6.39. The van der Waals surface area contributed by atoms with Crippen molar-refractivity contribution in [2.45, 2.75) is 32.7 Å². The molecule has 0 aliphatic heterocycles. The maximum Gasteiger partial charge on any atom is 0.431 e. The van der Waals surface area contributed by atoms with Gasteiger partial charge in [-0.05, 0) is 37.6 Å². The van der Waals surface area contributed by atoms with Gasteiger partial charge in [-0.15, -0.1) is 0 Å². The molecular weight excluding hydrogens is 559 g/mol. The van der Waals surface area contributed by atoms with Gasteiger partial charge in [0, 0.05) is 19.2 Å². The summed E-state index contributed by atoms with van der Waals surface area (Å²) in [7, 11) is 0.803. The fourth-order valence-corrected chi connectivity index (χ4v) is 3.76. The lowest BCUT2D eigenvalue weighted by molar-refractivity contribution is -0.150. The number of aromatic nitrogens is 2. The smallest absolute Gasteiger partial charge is 0.431 e. The maximum absolute atomic E-state index is 14.7. The first-order valence-corrected chi connectivity index (χ1v) is 11.6. The predicted octanol–water partition coefficient (Wildman–Crippen LogP) is 4.91. The average Bonchev–Trinajstić information content (AvgIpc) is 2.82. The minimum Gasteiger partial charge on any atom is -0.487 e. The molecule has 0 fully saturated rings. The van der Waals surface area contributed by atoms with Gasteiger partial charge >= 0.3 is 17.8 Å². The number of nitrogens with zero attached hydrogens (tertiary/aromatic N) is 2. The lowest BCUT2D eigenvalue weighted by Gasteiger charge is -2.16. The molecule has 0 saturated heterocycles. The van der Waals surface area contributed by atoms with E-state index in [1.54, 1.807) is 13.0 Å². The highest BCUT2D eigenvalue weighted by Crippen LogP contribution is 2.32. The van der Waals surface area contributed by atoms with Crippen molar-refractivity contribution in [2.75, 3.05) is 6.61 Å². The van der Waals surface area contributed by atoms with Gasteiger partial charge < -0.3 is 14.2 Å². The summed E-state index contributed by atoms with van der Waals surface area (Å²) in [4.78, 5) is 36.7. The Morgan fingerprint density at radius 2 is 1.71 bits per heavy atom. The van der Waals surface area contributed by atoms with Crippen molar-refractivity contribution in [1.82, 2.24) is 9.13 Å². The third-order valence-corrected chi connectivity index (χ3v) is 5.76. The number of carbonyl (C=O) groups excluding carboxylic acids is 1.